The first-order chi connectivity index (χ1) is 7.54. The molecule has 0 bridgehead atoms. The van der Waals surface area contributed by atoms with Crippen LogP contribution in [0, 0.1) is 6.92 Å². The van der Waals surface area contributed by atoms with Gasteiger partial charge in [0.2, 0.25) is 5.91 Å². The molecule has 4 heteroatoms. The summed E-state index contributed by atoms with van der Waals surface area (Å²) in [5, 5.41) is 0. The summed E-state index contributed by atoms with van der Waals surface area (Å²) in [5.41, 5.74) is 7.25. The second-order valence-electron chi connectivity index (χ2n) is 3.91. The molecule has 0 radical (unpaired) electrons. The largest absolute Gasteiger partial charge is 0.368 e. The highest BCUT2D eigenvalue weighted by molar-refractivity contribution is 5.79. The van der Waals surface area contributed by atoms with E-state index in [4.69, 9.17) is 5.73 Å². The Morgan fingerprint density at radius 2 is 2.25 bits per heavy atom. The Morgan fingerprint density at radius 3 is 2.75 bits per heavy atom. The molecule has 0 aliphatic rings. The summed E-state index contributed by atoms with van der Waals surface area (Å²) in [5.74, 6) is -0.297. The molecule has 1 amide bonds. The van der Waals surface area contributed by atoms with Crippen LogP contribution in [-0.4, -0.2) is 28.4 Å². The van der Waals surface area contributed by atoms with Gasteiger partial charge in [-0.2, -0.15) is 0 Å². The summed E-state index contributed by atoms with van der Waals surface area (Å²) < 4.78 is 0. The van der Waals surface area contributed by atoms with E-state index in [0.717, 1.165) is 17.9 Å². The first-order valence-corrected chi connectivity index (χ1v) is 5.50. The zero-order valence-electron chi connectivity index (χ0n) is 10.1. The van der Waals surface area contributed by atoms with Crippen molar-refractivity contribution in [3.05, 3.63) is 29.6 Å². The normalized spacial score (nSPS) is 12.8. The van der Waals surface area contributed by atoms with Crippen LogP contribution in [0.3, 0.4) is 0 Å². The number of nitrogens with two attached hydrogens (primary N) is 1. The Hall–Kier alpha value is -1.42. The smallest absolute Gasteiger partial charge is 0.234 e. The van der Waals surface area contributed by atoms with Crippen LogP contribution < -0.4 is 5.73 Å². The Kier molecular flexibility index (Phi) is 4.43. The lowest BCUT2D eigenvalue weighted by Crippen LogP contribution is -2.42. The van der Waals surface area contributed by atoms with Gasteiger partial charge >= 0.3 is 0 Å². The van der Waals surface area contributed by atoms with E-state index in [9.17, 15) is 4.79 Å². The van der Waals surface area contributed by atoms with Crippen molar-refractivity contribution in [3.63, 3.8) is 0 Å². The summed E-state index contributed by atoms with van der Waals surface area (Å²) in [6.45, 7) is 7.22. The molecule has 88 valence electrons. The van der Waals surface area contributed by atoms with Gasteiger partial charge in [0.25, 0.3) is 0 Å². The number of hydrogen-bond donors (Lipinski definition) is 1. The van der Waals surface area contributed by atoms with Crippen LogP contribution in [0.4, 0.5) is 0 Å². The average Bonchev–Trinajstić information content (AvgIpc) is 2.25. The molecule has 0 aliphatic carbocycles. The van der Waals surface area contributed by atoms with Gasteiger partial charge in [0.1, 0.15) is 0 Å². The third kappa shape index (κ3) is 3.31. The molecule has 0 fully saturated rings. The third-order valence-electron chi connectivity index (χ3n) is 2.68. The number of aryl methyl sites for hydroxylation is 1. The maximum Gasteiger partial charge on any atom is 0.234 e. The monoisotopic (exact) mass is 221 g/mol. The minimum absolute atomic E-state index is 0.257. The SMILES string of the molecule is CCN(Cc1cccc(C)n1)C(C)C(N)=O. The Labute approximate surface area is 96.5 Å². The number of primary amides is 1. The van der Waals surface area contributed by atoms with Crippen LogP contribution in [0.15, 0.2) is 18.2 Å². The molecule has 1 atom stereocenters. The highest BCUT2D eigenvalue weighted by Crippen LogP contribution is 2.06. The molecule has 2 N–H and O–H groups in total. The molecular formula is C12H19N3O. The zero-order valence-corrected chi connectivity index (χ0v) is 10.1. The van der Waals surface area contributed by atoms with Gasteiger partial charge < -0.3 is 5.73 Å². The first-order valence-electron chi connectivity index (χ1n) is 5.50. The van der Waals surface area contributed by atoms with Crippen molar-refractivity contribution in [3.8, 4) is 0 Å². The Morgan fingerprint density at radius 1 is 1.56 bits per heavy atom. The first kappa shape index (κ1) is 12.6. The quantitative estimate of drug-likeness (QED) is 0.809. The van der Waals surface area contributed by atoms with Gasteiger partial charge in [0.15, 0.2) is 0 Å². The molecule has 0 saturated heterocycles. The number of likely N-dealkylation sites (N-methyl/N-ethyl adjacent to an activating group) is 1. The number of nitrogens with zero attached hydrogens (tertiary/aromatic N) is 2. The standard InChI is InChI=1S/C12H19N3O/c1-4-15(10(3)12(13)16)8-11-7-5-6-9(2)14-11/h5-7,10H,4,8H2,1-3H3,(H2,13,16). The summed E-state index contributed by atoms with van der Waals surface area (Å²) in [7, 11) is 0. The van der Waals surface area contributed by atoms with Crippen molar-refractivity contribution in [1.29, 1.82) is 0 Å². The van der Waals surface area contributed by atoms with Crippen LogP contribution in [0.5, 0.6) is 0 Å². The molecule has 1 aromatic rings. The van der Waals surface area contributed by atoms with Crippen molar-refractivity contribution in [2.24, 2.45) is 5.73 Å². The van der Waals surface area contributed by atoms with E-state index in [1.807, 2.05) is 43.9 Å². The van der Waals surface area contributed by atoms with Crippen molar-refractivity contribution >= 4 is 5.91 Å². The molecule has 0 aliphatic heterocycles. The highest BCUT2D eigenvalue weighted by Gasteiger charge is 2.17. The number of pyridine rings is 1. The summed E-state index contributed by atoms with van der Waals surface area (Å²) >= 11 is 0. The van der Waals surface area contributed by atoms with Gasteiger partial charge in [-0.15, -0.1) is 0 Å². The molecule has 16 heavy (non-hydrogen) atoms. The van der Waals surface area contributed by atoms with Crippen LogP contribution in [0.2, 0.25) is 0 Å². The van der Waals surface area contributed by atoms with E-state index >= 15 is 0 Å². The van der Waals surface area contributed by atoms with Gasteiger partial charge in [0, 0.05) is 12.2 Å². The lowest BCUT2D eigenvalue weighted by Gasteiger charge is -2.24. The molecule has 1 heterocycles. The molecule has 1 aromatic heterocycles. The molecule has 1 unspecified atom stereocenters. The van der Waals surface area contributed by atoms with Gasteiger partial charge in [-0.05, 0) is 32.5 Å². The van der Waals surface area contributed by atoms with Crippen LogP contribution in [0.25, 0.3) is 0 Å². The third-order valence-corrected chi connectivity index (χ3v) is 2.68. The summed E-state index contributed by atoms with van der Waals surface area (Å²) in [6, 6.07) is 5.63. The van der Waals surface area contributed by atoms with Crippen molar-refractivity contribution in [1.82, 2.24) is 9.88 Å². The van der Waals surface area contributed by atoms with Crippen LogP contribution in [0.1, 0.15) is 25.2 Å². The van der Waals surface area contributed by atoms with Crippen LogP contribution in [-0.2, 0) is 11.3 Å². The minimum atomic E-state index is -0.297. The van der Waals surface area contributed by atoms with Gasteiger partial charge in [0.05, 0.1) is 11.7 Å². The number of carbonyl (C=O) groups excluding carboxylic acids is 1. The Bertz CT molecular complexity index is 365. The molecule has 0 saturated carbocycles. The predicted octanol–water partition coefficient (Wildman–Crippen LogP) is 1.09. The fourth-order valence-corrected chi connectivity index (χ4v) is 1.60. The highest BCUT2D eigenvalue weighted by atomic mass is 16.1. The predicted molar refractivity (Wildman–Crippen MR) is 63.7 cm³/mol. The summed E-state index contributed by atoms with van der Waals surface area (Å²) in [4.78, 5) is 17.5. The topological polar surface area (TPSA) is 59.2 Å². The summed E-state index contributed by atoms with van der Waals surface area (Å²) in [6.07, 6.45) is 0. The Balaban J connectivity index is 2.74. The van der Waals surface area contributed by atoms with Gasteiger partial charge in [-0.3, -0.25) is 14.7 Å². The molecular weight excluding hydrogens is 202 g/mol. The maximum atomic E-state index is 11.1. The van der Waals surface area contributed by atoms with E-state index < -0.39 is 0 Å². The fourth-order valence-electron chi connectivity index (χ4n) is 1.60. The number of amides is 1. The number of hydrogen-bond acceptors (Lipinski definition) is 3. The molecule has 4 nitrogen and oxygen atoms in total. The van der Waals surface area contributed by atoms with E-state index in [-0.39, 0.29) is 11.9 Å². The lowest BCUT2D eigenvalue weighted by molar-refractivity contribution is -0.122. The van der Waals surface area contributed by atoms with Crippen LogP contribution >= 0.6 is 0 Å². The second-order valence-corrected chi connectivity index (χ2v) is 3.91. The van der Waals surface area contributed by atoms with E-state index in [2.05, 4.69) is 4.98 Å². The molecule has 1 rings (SSSR count). The van der Waals surface area contributed by atoms with Gasteiger partial charge in [-0.25, -0.2) is 0 Å². The van der Waals surface area contributed by atoms with Crippen molar-refractivity contribution in [2.75, 3.05) is 6.54 Å². The van der Waals surface area contributed by atoms with E-state index in [1.165, 1.54) is 0 Å². The maximum absolute atomic E-state index is 11.1. The lowest BCUT2D eigenvalue weighted by atomic mass is 10.2. The fraction of sp³-hybridized carbons (Fsp3) is 0.500. The number of carbonyl (C=O) groups is 1. The van der Waals surface area contributed by atoms with Crippen molar-refractivity contribution in [2.45, 2.75) is 33.4 Å². The number of aromatic nitrogens is 1. The van der Waals surface area contributed by atoms with Crippen molar-refractivity contribution < 1.29 is 4.79 Å². The van der Waals surface area contributed by atoms with E-state index in [1.54, 1.807) is 0 Å². The van der Waals surface area contributed by atoms with E-state index in [0.29, 0.717) is 6.54 Å². The minimum Gasteiger partial charge on any atom is -0.368 e. The average molecular weight is 221 g/mol. The molecule has 0 spiro atoms. The zero-order chi connectivity index (χ0) is 12.1. The molecule has 0 aromatic carbocycles. The second kappa shape index (κ2) is 5.61. The number of rotatable bonds is 5. The van der Waals surface area contributed by atoms with Gasteiger partial charge in [-0.1, -0.05) is 13.0 Å².